The summed E-state index contributed by atoms with van der Waals surface area (Å²) in [5.41, 5.74) is 1.29. The van der Waals surface area contributed by atoms with Crippen LogP contribution in [-0.4, -0.2) is 42.5 Å². The van der Waals surface area contributed by atoms with Crippen molar-refractivity contribution in [2.24, 2.45) is 0 Å². The lowest BCUT2D eigenvalue weighted by atomic mass is 10.1. The molecule has 1 heterocycles. The highest BCUT2D eigenvalue weighted by molar-refractivity contribution is 5.32. The lowest BCUT2D eigenvalue weighted by Crippen LogP contribution is -2.36. The first-order chi connectivity index (χ1) is 9.16. The highest BCUT2D eigenvalue weighted by Gasteiger charge is 2.19. The van der Waals surface area contributed by atoms with E-state index in [4.69, 9.17) is 0 Å². The molecule has 1 aliphatic rings. The summed E-state index contributed by atoms with van der Waals surface area (Å²) in [5, 5.41) is 14.0. The van der Waals surface area contributed by atoms with Gasteiger partial charge in [-0.3, -0.25) is 10.1 Å². The van der Waals surface area contributed by atoms with Crippen LogP contribution in [0.5, 0.6) is 0 Å². The molecule has 0 bridgehead atoms. The molecule has 1 N–H and O–H groups in total. The minimum absolute atomic E-state index is 0.157. The SMILES string of the molecule is CN1CCCC1CNCCc1ccc([N+](=O)[O-])cc1. The van der Waals surface area contributed by atoms with Crippen LogP contribution < -0.4 is 5.32 Å². The second-order valence-corrected chi connectivity index (χ2v) is 5.15. The van der Waals surface area contributed by atoms with Crippen LogP contribution in [-0.2, 0) is 6.42 Å². The molecular weight excluding hydrogens is 242 g/mol. The lowest BCUT2D eigenvalue weighted by Gasteiger charge is -2.19. The molecule has 0 amide bonds. The zero-order valence-electron chi connectivity index (χ0n) is 11.3. The Labute approximate surface area is 113 Å². The van der Waals surface area contributed by atoms with Gasteiger partial charge in [0.2, 0.25) is 0 Å². The molecule has 1 unspecified atom stereocenters. The number of hydrogen-bond acceptors (Lipinski definition) is 4. The molecule has 5 heteroatoms. The van der Waals surface area contributed by atoms with Gasteiger partial charge in [0.1, 0.15) is 0 Å². The van der Waals surface area contributed by atoms with Crippen molar-refractivity contribution < 1.29 is 4.92 Å². The molecule has 1 fully saturated rings. The van der Waals surface area contributed by atoms with Crippen molar-refractivity contribution in [1.29, 1.82) is 0 Å². The maximum Gasteiger partial charge on any atom is 0.269 e. The highest BCUT2D eigenvalue weighted by Crippen LogP contribution is 2.14. The fourth-order valence-corrected chi connectivity index (χ4v) is 2.52. The Bertz CT molecular complexity index is 419. The molecule has 1 atom stereocenters. The Hall–Kier alpha value is -1.46. The van der Waals surface area contributed by atoms with Crippen LogP contribution in [0.25, 0.3) is 0 Å². The summed E-state index contributed by atoms with van der Waals surface area (Å²) < 4.78 is 0. The van der Waals surface area contributed by atoms with E-state index in [2.05, 4.69) is 17.3 Å². The molecule has 0 spiro atoms. The number of nitro benzene ring substituents is 1. The van der Waals surface area contributed by atoms with E-state index in [-0.39, 0.29) is 10.6 Å². The standard InChI is InChI=1S/C14H21N3O2/c1-16-10-2-3-14(16)11-15-9-8-12-4-6-13(7-5-12)17(18)19/h4-7,14-15H,2-3,8-11H2,1H3. The number of likely N-dealkylation sites (tertiary alicyclic amines) is 1. The van der Waals surface area contributed by atoms with Crippen LogP contribution in [0.3, 0.4) is 0 Å². The van der Waals surface area contributed by atoms with Crippen LogP contribution in [0.1, 0.15) is 18.4 Å². The monoisotopic (exact) mass is 263 g/mol. The largest absolute Gasteiger partial charge is 0.315 e. The average Bonchev–Trinajstić information content (AvgIpc) is 2.81. The van der Waals surface area contributed by atoms with Gasteiger partial charge in [-0.2, -0.15) is 0 Å². The van der Waals surface area contributed by atoms with Gasteiger partial charge in [0.05, 0.1) is 4.92 Å². The lowest BCUT2D eigenvalue weighted by molar-refractivity contribution is -0.384. The number of likely N-dealkylation sites (N-methyl/N-ethyl adjacent to an activating group) is 1. The molecular formula is C14H21N3O2. The average molecular weight is 263 g/mol. The van der Waals surface area contributed by atoms with Gasteiger partial charge in [-0.05, 0) is 45.0 Å². The van der Waals surface area contributed by atoms with Gasteiger partial charge in [-0.25, -0.2) is 0 Å². The van der Waals surface area contributed by atoms with Crippen LogP contribution >= 0.6 is 0 Å². The Morgan fingerprint density at radius 3 is 2.74 bits per heavy atom. The first-order valence-electron chi connectivity index (χ1n) is 6.81. The summed E-state index contributed by atoms with van der Waals surface area (Å²) >= 11 is 0. The number of rotatable bonds is 6. The highest BCUT2D eigenvalue weighted by atomic mass is 16.6. The van der Waals surface area contributed by atoms with E-state index < -0.39 is 0 Å². The Morgan fingerprint density at radius 2 is 2.16 bits per heavy atom. The van der Waals surface area contributed by atoms with Crippen LogP contribution in [0.2, 0.25) is 0 Å². The van der Waals surface area contributed by atoms with Gasteiger partial charge in [-0.15, -0.1) is 0 Å². The minimum atomic E-state index is -0.363. The molecule has 1 aliphatic heterocycles. The van der Waals surface area contributed by atoms with Crippen molar-refractivity contribution in [3.05, 3.63) is 39.9 Å². The van der Waals surface area contributed by atoms with Gasteiger partial charge in [0, 0.05) is 24.7 Å². The quantitative estimate of drug-likeness (QED) is 0.483. The molecule has 0 aliphatic carbocycles. The molecule has 5 nitrogen and oxygen atoms in total. The third-order valence-electron chi connectivity index (χ3n) is 3.79. The molecule has 1 saturated heterocycles. The Kier molecular flexibility index (Phi) is 4.87. The summed E-state index contributed by atoms with van der Waals surface area (Å²) in [6.45, 7) is 3.15. The number of nitrogens with zero attached hydrogens (tertiary/aromatic N) is 2. The molecule has 0 aromatic heterocycles. The third-order valence-corrected chi connectivity index (χ3v) is 3.79. The molecule has 1 aromatic rings. The molecule has 104 valence electrons. The van der Waals surface area contributed by atoms with Crippen LogP contribution in [0, 0.1) is 10.1 Å². The maximum absolute atomic E-state index is 10.5. The predicted molar refractivity (Wildman–Crippen MR) is 75.3 cm³/mol. The number of nitrogens with one attached hydrogen (secondary N) is 1. The van der Waals surface area contributed by atoms with Crippen molar-refractivity contribution in [2.45, 2.75) is 25.3 Å². The fraction of sp³-hybridized carbons (Fsp3) is 0.571. The summed E-state index contributed by atoms with van der Waals surface area (Å²) in [7, 11) is 2.18. The first kappa shape index (κ1) is 14.0. The Morgan fingerprint density at radius 1 is 1.42 bits per heavy atom. The molecule has 19 heavy (non-hydrogen) atoms. The van der Waals surface area contributed by atoms with Gasteiger partial charge in [-0.1, -0.05) is 12.1 Å². The maximum atomic E-state index is 10.5. The third kappa shape index (κ3) is 4.01. The van der Waals surface area contributed by atoms with E-state index in [0.717, 1.165) is 25.1 Å². The van der Waals surface area contributed by atoms with E-state index >= 15 is 0 Å². The van der Waals surface area contributed by atoms with Crippen molar-refractivity contribution in [3.8, 4) is 0 Å². The van der Waals surface area contributed by atoms with Gasteiger partial charge in [0.25, 0.3) is 5.69 Å². The van der Waals surface area contributed by atoms with Crippen molar-refractivity contribution in [1.82, 2.24) is 10.2 Å². The second-order valence-electron chi connectivity index (χ2n) is 5.15. The van der Waals surface area contributed by atoms with E-state index in [9.17, 15) is 10.1 Å². The molecule has 2 rings (SSSR count). The zero-order valence-corrected chi connectivity index (χ0v) is 11.3. The van der Waals surface area contributed by atoms with Crippen molar-refractivity contribution in [2.75, 3.05) is 26.7 Å². The normalized spacial score (nSPS) is 19.7. The number of nitro groups is 1. The summed E-state index contributed by atoms with van der Waals surface area (Å²) in [6, 6.07) is 7.47. The van der Waals surface area contributed by atoms with E-state index in [0.29, 0.717) is 6.04 Å². The zero-order chi connectivity index (χ0) is 13.7. The summed E-state index contributed by atoms with van der Waals surface area (Å²) in [5.74, 6) is 0. The van der Waals surface area contributed by atoms with E-state index in [1.54, 1.807) is 12.1 Å². The fourth-order valence-electron chi connectivity index (χ4n) is 2.52. The molecule has 1 aromatic carbocycles. The number of hydrogen-bond donors (Lipinski definition) is 1. The van der Waals surface area contributed by atoms with Crippen LogP contribution in [0.15, 0.2) is 24.3 Å². The van der Waals surface area contributed by atoms with Crippen molar-refractivity contribution in [3.63, 3.8) is 0 Å². The van der Waals surface area contributed by atoms with Crippen molar-refractivity contribution >= 4 is 5.69 Å². The number of benzene rings is 1. The minimum Gasteiger partial charge on any atom is -0.315 e. The summed E-state index contributed by atoms with van der Waals surface area (Å²) in [4.78, 5) is 12.6. The van der Waals surface area contributed by atoms with Gasteiger partial charge < -0.3 is 10.2 Å². The second kappa shape index (κ2) is 6.63. The van der Waals surface area contributed by atoms with E-state index in [1.807, 2.05) is 12.1 Å². The predicted octanol–water partition coefficient (Wildman–Crippen LogP) is 1.82. The molecule has 0 saturated carbocycles. The van der Waals surface area contributed by atoms with Gasteiger partial charge in [0.15, 0.2) is 0 Å². The Balaban J connectivity index is 1.69. The van der Waals surface area contributed by atoms with E-state index in [1.165, 1.54) is 19.4 Å². The molecule has 0 radical (unpaired) electrons. The number of non-ortho nitro benzene ring substituents is 1. The summed E-state index contributed by atoms with van der Waals surface area (Å²) in [6.07, 6.45) is 3.49. The first-order valence-corrected chi connectivity index (χ1v) is 6.81. The topological polar surface area (TPSA) is 58.4 Å². The van der Waals surface area contributed by atoms with Gasteiger partial charge >= 0.3 is 0 Å². The smallest absolute Gasteiger partial charge is 0.269 e. The van der Waals surface area contributed by atoms with Crippen LogP contribution in [0.4, 0.5) is 5.69 Å².